The standard InChI is InChI=1S/C16H32/c1-6-7-15(10-12(2)3)16-9-8-13(4)14(5)11-16/h12-16H,6-11H2,1-5H3. The molecule has 0 heteroatoms. The lowest BCUT2D eigenvalue weighted by Gasteiger charge is -2.37. The molecule has 0 aromatic rings. The van der Waals surface area contributed by atoms with E-state index in [2.05, 4.69) is 34.6 Å². The second kappa shape index (κ2) is 6.67. The summed E-state index contributed by atoms with van der Waals surface area (Å²) in [6.45, 7) is 12.0. The van der Waals surface area contributed by atoms with Crippen LogP contribution in [0, 0.1) is 29.6 Å². The van der Waals surface area contributed by atoms with Gasteiger partial charge >= 0.3 is 0 Å². The van der Waals surface area contributed by atoms with Crippen LogP contribution in [0.4, 0.5) is 0 Å². The first-order chi connectivity index (χ1) is 7.54. The van der Waals surface area contributed by atoms with Gasteiger partial charge in [-0.05, 0) is 48.9 Å². The van der Waals surface area contributed by atoms with Gasteiger partial charge in [0.2, 0.25) is 0 Å². The van der Waals surface area contributed by atoms with Crippen LogP contribution >= 0.6 is 0 Å². The molecule has 1 fully saturated rings. The summed E-state index contributed by atoms with van der Waals surface area (Å²) < 4.78 is 0. The molecule has 0 saturated heterocycles. The second-order valence-electron chi connectivity index (χ2n) is 6.71. The van der Waals surface area contributed by atoms with E-state index in [-0.39, 0.29) is 0 Å². The SMILES string of the molecule is CCCC(CC(C)C)C1CCC(C)C(C)C1. The Bertz CT molecular complexity index is 182. The molecule has 0 spiro atoms. The third-order valence-corrected chi connectivity index (χ3v) is 4.74. The summed E-state index contributed by atoms with van der Waals surface area (Å²) in [6.07, 6.45) is 8.77. The molecule has 0 aliphatic heterocycles. The Morgan fingerprint density at radius 2 is 1.75 bits per heavy atom. The molecule has 1 saturated carbocycles. The summed E-state index contributed by atoms with van der Waals surface area (Å²) in [4.78, 5) is 0. The lowest BCUT2D eigenvalue weighted by molar-refractivity contribution is 0.136. The molecule has 0 aromatic heterocycles. The number of hydrogen-bond donors (Lipinski definition) is 0. The Labute approximate surface area is 103 Å². The van der Waals surface area contributed by atoms with Gasteiger partial charge in [0.05, 0.1) is 0 Å². The first-order valence-electron chi connectivity index (χ1n) is 7.54. The molecule has 0 heterocycles. The average Bonchev–Trinajstić information content (AvgIpc) is 2.21. The maximum Gasteiger partial charge on any atom is -0.0383 e. The summed E-state index contributed by atoms with van der Waals surface area (Å²) >= 11 is 0. The van der Waals surface area contributed by atoms with E-state index in [9.17, 15) is 0 Å². The lowest BCUT2D eigenvalue weighted by atomic mass is 9.68. The van der Waals surface area contributed by atoms with Gasteiger partial charge in [0.15, 0.2) is 0 Å². The van der Waals surface area contributed by atoms with Gasteiger partial charge < -0.3 is 0 Å². The Kier molecular flexibility index (Phi) is 5.86. The third-order valence-electron chi connectivity index (χ3n) is 4.74. The minimum absolute atomic E-state index is 0.881. The van der Waals surface area contributed by atoms with Crippen molar-refractivity contribution < 1.29 is 0 Å². The monoisotopic (exact) mass is 224 g/mol. The lowest BCUT2D eigenvalue weighted by Crippen LogP contribution is -2.27. The second-order valence-corrected chi connectivity index (χ2v) is 6.71. The molecule has 1 aliphatic carbocycles. The molecular weight excluding hydrogens is 192 g/mol. The van der Waals surface area contributed by atoms with Crippen molar-refractivity contribution in [3.05, 3.63) is 0 Å². The van der Waals surface area contributed by atoms with E-state index >= 15 is 0 Å². The zero-order valence-corrected chi connectivity index (χ0v) is 12.1. The zero-order valence-electron chi connectivity index (χ0n) is 12.1. The van der Waals surface area contributed by atoms with Gasteiger partial charge in [-0.3, -0.25) is 0 Å². The molecule has 4 atom stereocenters. The van der Waals surface area contributed by atoms with Crippen LogP contribution in [0.1, 0.15) is 73.1 Å². The van der Waals surface area contributed by atoms with Gasteiger partial charge in [-0.2, -0.15) is 0 Å². The summed E-state index contributed by atoms with van der Waals surface area (Å²) in [7, 11) is 0. The van der Waals surface area contributed by atoms with Crippen molar-refractivity contribution >= 4 is 0 Å². The Morgan fingerprint density at radius 3 is 2.25 bits per heavy atom. The molecular formula is C16H32. The van der Waals surface area contributed by atoms with Crippen LogP contribution in [0.3, 0.4) is 0 Å². The average molecular weight is 224 g/mol. The van der Waals surface area contributed by atoms with E-state index in [0.717, 1.165) is 29.6 Å². The normalized spacial score (nSPS) is 33.0. The van der Waals surface area contributed by atoms with E-state index in [0.29, 0.717) is 0 Å². The Morgan fingerprint density at radius 1 is 1.06 bits per heavy atom. The zero-order chi connectivity index (χ0) is 12.1. The number of rotatable bonds is 5. The van der Waals surface area contributed by atoms with Crippen molar-refractivity contribution in [1.29, 1.82) is 0 Å². The highest BCUT2D eigenvalue weighted by Gasteiger charge is 2.29. The molecule has 0 amide bonds. The smallest absolute Gasteiger partial charge is 0.0383 e. The minimum Gasteiger partial charge on any atom is -0.0654 e. The van der Waals surface area contributed by atoms with Gasteiger partial charge in [-0.1, -0.05) is 53.9 Å². The van der Waals surface area contributed by atoms with E-state index in [4.69, 9.17) is 0 Å². The third kappa shape index (κ3) is 4.11. The van der Waals surface area contributed by atoms with Crippen LogP contribution in [0.2, 0.25) is 0 Å². The highest BCUT2D eigenvalue weighted by atomic mass is 14.3. The highest BCUT2D eigenvalue weighted by Crippen LogP contribution is 2.40. The Hall–Kier alpha value is 0. The molecule has 0 nitrogen and oxygen atoms in total. The van der Waals surface area contributed by atoms with Crippen LogP contribution in [0.25, 0.3) is 0 Å². The first kappa shape index (κ1) is 14.1. The van der Waals surface area contributed by atoms with Crippen molar-refractivity contribution in [2.24, 2.45) is 29.6 Å². The maximum absolute atomic E-state index is 2.47. The van der Waals surface area contributed by atoms with Gasteiger partial charge in [0.1, 0.15) is 0 Å². The minimum atomic E-state index is 0.881. The molecule has 0 N–H and O–H groups in total. The van der Waals surface area contributed by atoms with Crippen LogP contribution < -0.4 is 0 Å². The largest absolute Gasteiger partial charge is 0.0654 e. The van der Waals surface area contributed by atoms with Crippen LogP contribution in [-0.4, -0.2) is 0 Å². The fraction of sp³-hybridized carbons (Fsp3) is 1.00. The van der Waals surface area contributed by atoms with E-state index in [1.807, 2.05) is 0 Å². The molecule has 1 rings (SSSR count). The molecule has 4 unspecified atom stereocenters. The van der Waals surface area contributed by atoms with Crippen molar-refractivity contribution in [1.82, 2.24) is 0 Å². The van der Waals surface area contributed by atoms with Gasteiger partial charge in [0.25, 0.3) is 0 Å². The van der Waals surface area contributed by atoms with Crippen LogP contribution in [-0.2, 0) is 0 Å². The van der Waals surface area contributed by atoms with E-state index in [1.54, 1.807) is 0 Å². The molecule has 0 bridgehead atoms. The van der Waals surface area contributed by atoms with Gasteiger partial charge in [-0.15, -0.1) is 0 Å². The number of hydrogen-bond acceptors (Lipinski definition) is 0. The fourth-order valence-electron chi connectivity index (χ4n) is 3.54. The van der Waals surface area contributed by atoms with Crippen molar-refractivity contribution in [3.63, 3.8) is 0 Å². The van der Waals surface area contributed by atoms with E-state index in [1.165, 1.54) is 38.5 Å². The summed E-state index contributed by atoms with van der Waals surface area (Å²) in [5.41, 5.74) is 0. The quantitative estimate of drug-likeness (QED) is 0.576. The van der Waals surface area contributed by atoms with Crippen LogP contribution in [0.15, 0.2) is 0 Å². The molecule has 16 heavy (non-hydrogen) atoms. The molecule has 1 aliphatic rings. The van der Waals surface area contributed by atoms with Gasteiger partial charge in [-0.25, -0.2) is 0 Å². The summed E-state index contributed by atoms with van der Waals surface area (Å²) in [5, 5.41) is 0. The Balaban J connectivity index is 2.50. The highest BCUT2D eigenvalue weighted by molar-refractivity contribution is 4.80. The topological polar surface area (TPSA) is 0 Å². The molecule has 0 radical (unpaired) electrons. The maximum atomic E-state index is 2.47. The van der Waals surface area contributed by atoms with Crippen molar-refractivity contribution in [2.75, 3.05) is 0 Å². The summed E-state index contributed by atoms with van der Waals surface area (Å²) in [5.74, 6) is 4.86. The fourth-order valence-corrected chi connectivity index (χ4v) is 3.54. The predicted molar refractivity (Wildman–Crippen MR) is 73.5 cm³/mol. The van der Waals surface area contributed by atoms with Gasteiger partial charge in [0, 0.05) is 0 Å². The van der Waals surface area contributed by atoms with E-state index < -0.39 is 0 Å². The first-order valence-corrected chi connectivity index (χ1v) is 7.54. The molecule has 0 aromatic carbocycles. The summed E-state index contributed by atoms with van der Waals surface area (Å²) in [6, 6.07) is 0. The van der Waals surface area contributed by atoms with Crippen molar-refractivity contribution in [2.45, 2.75) is 73.1 Å². The molecule has 96 valence electrons. The van der Waals surface area contributed by atoms with Crippen molar-refractivity contribution in [3.8, 4) is 0 Å². The predicted octanol–water partition coefficient (Wildman–Crippen LogP) is 5.52. The van der Waals surface area contributed by atoms with Crippen LogP contribution in [0.5, 0.6) is 0 Å².